The minimum Gasteiger partial charge on any atom is -0.287 e. The van der Waals surface area contributed by atoms with Gasteiger partial charge in [-0.05, 0) is 25.7 Å². The van der Waals surface area contributed by atoms with Crippen LogP contribution in [0.4, 0.5) is 0 Å². The molecule has 0 aliphatic carbocycles. The van der Waals surface area contributed by atoms with Gasteiger partial charge in [0, 0.05) is 0 Å². The van der Waals surface area contributed by atoms with Crippen molar-refractivity contribution in [1.82, 2.24) is 0 Å². The highest BCUT2D eigenvalue weighted by Gasteiger charge is 2.30. The average Bonchev–Trinajstić information content (AvgIpc) is 2.53. The van der Waals surface area contributed by atoms with Crippen molar-refractivity contribution in [3.63, 3.8) is 0 Å². The predicted octanol–water partition coefficient (Wildman–Crippen LogP) is 6.74. The van der Waals surface area contributed by atoms with Gasteiger partial charge in [0.1, 0.15) is 0 Å². The summed E-state index contributed by atoms with van der Waals surface area (Å²) in [6, 6.07) is 0. The van der Waals surface area contributed by atoms with E-state index in [9.17, 15) is 4.57 Å². The number of unbranched alkanes of at least 4 members (excludes halogenated alkanes) is 6. The van der Waals surface area contributed by atoms with Crippen LogP contribution < -0.4 is 0 Å². The van der Waals surface area contributed by atoms with Crippen LogP contribution in [0, 0.1) is 5.92 Å². The Labute approximate surface area is 144 Å². The molecule has 0 aliphatic heterocycles. The standard InChI is InChI=1S/C18H39O4P/c1-6-9-11-13-15-20-23(19,21-16-14-12-10-7-2)22-18(5)17(4)8-3/h17-18H,6-16H2,1-5H3. The molecule has 23 heavy (non-hydrogen) atoms. The smallest absolute Gasteiger partial charge is 0.287 e. The molecule has 0 aromatic carbocycles. The van der Waals surface area contributed by atoms with E-state index in [1.165, 1.54) is 25.7 Å². The van der Waals surface area contributed by atoms with Crippen molar-refractivity contribution in [2.45, 2.75) is 98.5 Å². The van der Waals surface area contributed by atoms with Gasteiger partial charge in [-0.1, -0.05) is 72.6 Å². The van der Waals surface area contributed by atoms with E-state index in [-0.39, 0.29) is 6.10 Å². The lowest BCUT2D eigenvalue weighted by molar-refractivity contribution is 0.0607. The molecule has 0 N–H and O–H groups in total. The monoisotopic (exact) mass is 350 g/mol. The molecule has 0 saturated heterocycles. The summed E-state index contributed by atoms with van der Waals surface area (Å²) in [5.41, 5.74) is 0. The topological polar surface area (TPSA) is 44.8 Å². The third-order valence-corrected chi connectivity index (χ3v) is 5.82. The second-order valence-corrected chi connectivity index (χ2v) is 8.05. The molecule has 0 heterocycles. The first-order chi connectivity index (χ1) is 11.0. The minimum absolute atomic E-state index is 0.128. The van der Waals surface area contributed by atoms with Crippen molar-refractivity contribution in [2.24, 2.45) is 5.92 Å². The van der Waals surface area contributed by atoms with Crippen molar-refractivity contribution in [3.8, 4) is 0 Å². The Morgan fingerprint density at radius 3 is 1.65 bits per heavy atom. The van der Waals surface area contributed by atoms with E-state index in [0.717, 1.165) is 32.1 Å². The van der Waals surface area contributed by atoms with Crippen LogP contribution >= 0.6 is 7.82 Å². The summed E-state index contributed by atoms with van der Waals surface area (Å²) in [5, 5.41) is 0. The normalized spacial score (nSPS) is 14.8. The Bertz CT molecular complexity index is 291. The Hall–Kier alpha value is 0.110. The highest BCUT2D eigenvalue weighted by Crippen LogP contribution is 2.51. The van der Waals surface area contributed by atoms with E-state index in [1.807, 2.05) is 6.92 Å². The molecule has 0 spiro atoms. The van der Waals surface area contributed by atoms with Crippen molar-refractivity contribution >= 4 is 7.82 Å². The van der Waals surface area contributed by atoms with E-state index < -0.39 is 7.82 Å². The first kappa shape index (κ1) is 23.1. The Morgan fingerprint density at radius 2 is 1.26 bits per heavy atom. The summed E-state index contributed by atoms with van der Waals surface area (Å²) in [5.74, 6) is 0.329. The molecular weight excluding hydrogens is 311 g/mol. The van der Waals surface area contributed by atoms with Gasteiger partial charge < -0.3 is 0 Å². The molecule has 4 nitrogen and oxygen atoms in total. The van der Waals surface area contributed by atoms with Gasteiger partial charge in [0.25, 0.3) is 0 Å². The molecule has 0 rings (SSSR count). The van der Waals surface area contributed by atoms with Crippen LogP contribution in [0.3, 0.4) is 0 Å². The average molecular weight is 350 g/mol. The summed E-state index contributed by atoms with van der Waals surface area (Å²) in [6.45, 7) is 11.4. The molecule has 0 aromatic rings. The molecule has 5 heteroatoms. The molecule has 2 atom stereocenters. The molecule has 0 aromatic heterocycles. The van der Waals surface area contributed by atoms with Gasteiger partial charge in [-0.3, -0.25) is 13.6 Å². The second kappa shape index (κ2) is 14.5. The van der Waals surface area contributed by atoms with Crippen molar-refractivity contribution in [3.05, 3.63) is 0 Å². The van der Waals surface area contributed by atoms with Gasteiger partial charge in [0.2, 0.25) is 0 Å². The summed E-state index contributed by atoms with van der Waals surface area (Å²) in [6.07, 6.45) is 9.54. The maximum Gasteiger partial charge on any atom is 0.475 e. The zero-order chi connectivity index (χ0) is 17.6. The van der Waals surface area contributed by atoms with Gasteiger partial charge in [0.05, 0.1) is 19.3 Å². The number of hydrogen-bond donors (Lipinski definition) is 0. The number of hydrogen-bond acceptors (Lipinski definition) is 4. The molecule has 0 amide bonds. The van der Waals surface area contributed by atoms with Crippen molar-refractivity contribution < 1.29 is 18.1 Å². The van der Waals surface area contributed by atoms with Gasteiger partial charge >= 0.3 is 7.82 Å². The third-order valence-electron chi connectivity index (χ3n) is 4.24. The van der Waals surface area contributed by atoms with Crippen LogP contribution in [0.2, 0.25) is 0 Å². The SMILES string of the molecule is CCCCCCOP(=O)(OCCCCCC)OC(C)C(C)CC. The third kappa shape index (κ3) is 12.2. The molecule has 0 saturated carbocycles. The number of phosphoric ester groups is 1. The van der Waals surface area contributed by atoms with Gasteiger partial charge in [-0.25, -0.2) is 4.57 Å². The van der Waals surface area contributed by atoms with E-state index in [2.05, 4.69) is 27.7 Å². The van der Waals surface area contributed by atoms with Crippen LogP contribution in [0.15, 0.2) is 0 Å². The van der Waals surface area contributed by atoms with E-state index >= 15 is 0 Å². The zero-order valence-electron chi connectivity index (χ0n) is 16.0. The Balaban J connectivity index is 4.35. The number of rotatable bonds is 16. The zero-order valence-corrected chi connectivity index (χ0v) is 16.9. The largest absolute Gasteiger partial charge is 0.475 e. The van der Waals surface area contributed by atoms with Crippen LogP contribution in [0.5, 0.6) is 0 Å². The lowest BCUT2D eigenvalue weighted by Gasteiger charge is -2.25. The van der Waals surface area contributed by atoms with Crippen molar-refractivity contribution in [2.75, 3.05) is 13.2 Å². The van der Waals surface area contributed by atoms with Crippen LogP contribution in [-0.4, -0.2) is 19.3 Å². The highest BCUT2D eigenvalue weighted by molar-refractivity contribution is 7.48. The molecule has 140 valence electrons. The molecular formula is C18H39O4P. The summed E-state index contributed by atoms with van der Waals surface area (Å²) in [7, 11) is -3.44. The van der Waals surface area contributed by atoms with Crippen LogP contribution in [0.1, 0.15) is 92.4 Å². The summed E-state index contributed by atoms with van der Waals surface area (Å²) >= 11 is 0. The van der Waals surface area contributed by atoms with Gasteiger partial charge in [-0.2, -0.15) is 0 Å². The fraction of sp³-hybridized carbons (Fsp3) is 1.00. The predicted molar refractivity (Wildman–Crippen MR) is 97.8 cm³/mol. The minimum atomic E-state index is -3.44. The Kier molecular flexibility index (Phi) is 14.5. The van der Waals surface area contributed by atoms with E-state index in [1.54, 1.807) is 0 Å². The maximum absolute atomic E-state index is 12.8. The highest BCUT2D eigenvalue weighted by atomic mass is 31.2. The van der Waals surface area contributed by atoms with Gasteiger partial charge in [0.15, 0.2) is 0 Å². The van der Waals surface area contributed by atoms with Gasteiger partial charge in [-0.15, -0.1) is 0 Å². The van der Waals surface area contributed by atoms with E-state index in [0.29, 0.717) is 19.1 Å². The van der Waals surface area contributed by atoms with Crippen LogP contribution in [0.25, 0.3) is 0 Å². The molecule has 0 aliphatic rings. The first-order valence-electron chi connectivity index (χ1n) is 9.56. The fourth-order valence-electron chi connectivity index (χ4n) is 2.15. The summed E-state index contributed by atoms with van der Waals surface area (Å²) < 4.78 is 29.7. The molecule has 0 fully saturated rings. The lowest BCUT2D eigenvalue weighted by Crippen LogP contribution is -2.18. The number of phosphoric acid groups is 1. The quantitative estimate of drug-likeness (QED) is 0.228. The summed E-state index contributed by atoms with van der Waals surface area (Å²) in [4.78, 5) is 0. The lowest BCUT2D eigenvalue weighted by atomic mass is 10.0. The van der Waals surface area contributed by atoms with Crippen LogP contribution in [-0.2, 0) is 18.1 Å². The fourth-order valence-corrected chi connectivity index (χ4v) is 3.66. The maximum atomic E-state index is 12.8. The first-order valence-corrected chi connectivity index (χ1v) is 11.0. The second-order valence-electron chi connectivity index (χ2n) is 6.43. The molecule has 0 bridgehead atoms. The van der Waals surface area contributed by atoms with Crippen molar-refractivity contribution in [1.29, 1.82) is 0 Å². The molecule has 0 radical (unpaired) electrons. The molecule has 2 unspecified atom stereocenters. The Morgan fingerprint density at radius 1 is 0.783 bits per heavy atom. The van der Waals surface area contributed by atoms with E-state index in [4.69, 9.17) is 13.6 Å².